The summed E-state index contributed by atoms with van der Waals surface area (Å²) in [6, 6.07) is 0. The first-order valence-electron chi connectivity index (χ1n) is 5.69. The number of hydrogen-bond acceptors (Lipinski definition) is 3. The van der Waals surface area contributed by atoms with E-state index in [4.69, 9.17) is 4.74 Å². The van der Waals surface area contributed by atoms with Crippen molar-refractivity contribution in [1.29, 1.82) is 0 Å². The molecule has 0 bridgehead atoms. The highest BCUT2D eigenvalue weighted by atomic mass is 16.5. The number of aliphatic hydroxyl groups is 1. The van der Waals surface area contributed by atoms with Crippen LogP contribution >= 0.6 is 0 Å². The Hall–Kier alpha value is -0.830. The Morgan fingerprint density at radius 1 is 1.47 bits per heavy atom. The molecule has 0 spiro atoms. The minimum absolute atomic E-state index is 0.165. The number of rotatable bonds is 6. The molecule has 0 unspecified atom stereocenters. The van der Waals surface area contributed by atoms with E-state index in [1.54, 1.807) is 0 Å². The summed E-state index contributed by atoms with van der Waals surface area (Å²) in [6.07, 6.45) is 4.48. The van der Waals surface area contributed by atoms with E-state index in [9.17, 15) is 9.90 Å². The van der Waals surface area contributed by atoms with Gasteiger partial charge in [-0.05, 0) is 38.2 Å². The van der Waals surface area contributed by atoms with Crippen molar-refractivity contribution < 1.29 is 14.6 Å². The van der Waals surface area contributed by atoms with Gasteiger partial charge in [0.1, 0.15) is 6.61 Å². The van der Waals surface area contributed by atoms with Crippen molar-refractivity contribution >= 4 is 5.97 Å². The van der Waals surface area contributed by atoms with Gasteiger partial charge in [0.15, 0.2) is 0 Å². The molecule has 0 saturated carbocycles. The van der Waals surface area contributed by atoms with E-state index < -0.39 is 0 Å². The number of cyclic esters (lactones) is 1. The van der Waals surface area contributed by atoms with E-state index in [-0.39, 0.29) is 12.1 Å². The zero-order valence-electron chi connectivity index (χ0n) is 9.58. The fourth-order valence-corrected chi connectivity index (χ4v) is 1.70. The fourth-order valence-electron chi connectivity index (χ4n) is 1.70. The fraction of sp³-hybridized carbons (Fsp3) is 0.750. The van der Waals surface area contributed by atoms with E-state index in [0.717, 1.165) is 43.3 Å². The topological polar surface area (TPSA) is 46.5 Å². The summed E-state index contributed by atoms with van der Waals surface area (Å²) in [5, 5.41) is 9.35. The summed E-state index contributed by atoms with van der Waals surface area (Å²) in [7, 11) is 0. The quantitative estimate of drug-likeness (QED) is 0.542. The van der Waals surface area contributed by atoms with Crippen molar-refractivity contribution in [1.82, 2.24) is 0 Å². The third-order valence-corrected chi connectivity index (χ3v) is 2.95. The molecule has 1 atom stereocenters. The van der Waals surface area contributed by atoms with Crippen LogP contribution < -0.4 is 0 Å². The van der Waals surface area contributed by atoms with Crippen molar-refractivity contribution in [2.24, 2.45) is 0 Å². The van der Waals surface area contributed by atoms with Crippen molar-refractivity contribution in [3.8, 4) is 0 Å². The van der Waals surface area contributed by atoms with Crippen molar-refractivity contribution in [3.63, 3.8) is 0 Å². The number of unbranched alkanes of at least 4 members (excludes halogenated alkanes) is 1. The summed E-state index contributed by atoms with van der Waals surface area (Å²) < 4.78 is 4.91. The van der Waals surface area contributed by atoms with Gasteiger partial charge in [0.05, 0.1) is 6.10 Å². The molecule has 0 amide bonds. The van der Waals surface area contributed by atoms with Crippen LogP contribution in [0.2, 0.25) is 0 Å². The maximum atomic E-state index is 11.1. The average Bonchev–Trinajstić information content (AvgIpc) is 2.55. The van der Waals surface area contributed by atoms with E-state index in [0.29, 0.717) is 6.61 Å². The molecule has 0 aromatic rings. The van der Waals surface area contributed by atoms with Crippen LogP contribution in [0.25, 0.3) is 0 Å². The summed E-state index contributed by atoms with van der Waals surface area (Å²) >= 11 is 0. The third kappa shape index (κ3) is 3.67. The van der Waals surface area contributed by atoms with Crippen molar-refractivity contribution in [2.45, 2.75) is 52.1 Å². The molecular weight excluding hydrogens is 192 g/mol. The van der Waals surface area contributed by atoms with Gasteiger partial charge < -0.3 is 9.84 Å². The van der Waals surface area contributed by atoms with Crippen molar-refractivity contribution in [2.75, 3.05) is 6.61 Å². The van der Waals surface area contributed by atoms with E-state index in [2.05, 4.69) is 0 Å². The van der Waals surface area contributed by atoms with Crippen LogP contribution in [0.1, 0.15) is 46.0 Å². The van der Waals surface area contributed by atoms with Gasteiger partial charge in [-0.3, -0.25) is 0 Å². The Balaban J connectivity index is 2.18. The second-order valence-electron chi connectivity index (χ2n) is 4.11. The molecule has 1 N–H and O–H groups in total. The highest BCUT2D eigenvalue weighted by Crippen LogP contribution is 2.21. The normalized spacial score (nSPS) is 18.2. The number of carbonyl (C=O) groups is 1. The molecule has 0 aromatic carbocycles. The molecule has 1 aliphatic heterocycles. The highest BCUT2D eigenvalue weighted by molar-refractivity contribution is 5.90. The van der Waals surface area contributed by atoms with Gasteiger partial charge in [-0.15, -0.1) is 0 Å². The summed E-state index contributed by atoms with van der Waals surface area (Å²) in [5.41, 5.74) is 1.91. The molecule has 3 nitrogen and oxygen atoms in total. The molecule has 3 heteroatoms. The zero-order chi connectivity index (χ0) is 11.3. The van der Waals surface area contributed by atoms with Gasteiger partial charge >= 0.3 is 5.97 Å². The number of carbonyl (C=O) groups excluding carboxylic acids is 1. The predicted octanol–water partition coefficient (Wildman–Crippen LogP) is 2.19. The van der Waals surface area contributed by atoms with Gasteiger partial charge in [-0.25, -0.2) is 4.79 Å². The smallest absolute Gasteiger partial charge is 0.334 e. The van der Waals surface area contributed by atoms with E-state index >= 15 is 0 Å². The lowest BCUT2D eigenvalue weighted by molar-refractivity contribution is -0.135. The Kier molecular flexibility index (Phi) is 4.82. The second-order valence-corrected chi connectivity index (χ2v) is 4.11. The lowest BCUT2D eigenvalue weighted by atomic mass is 10.0. The van der Waals surface area contributed by atoms with Crippen LogP contribution in [-0.4, -0.2) is 23.8 Å². The van der Waals surface area contributed by atoms with Crippen molar-refractivity contribution in [3.05, 3.63) is 11.1 Å². The van der Waals surface area contributed by atoms with Crippen LogP contribution in [0.4, 0.5) is 0 Å². The molecule has 0 radical (unpaired) electrons. The number of ether oxygens (including phenoxy) is 1. The van der Waals surface area contributed by atoms with Gasteiger partial charge in [0.25, 0.3) is 0 Å². The van der Waals surface area contributed by atoms with Crippen LogP contribution in [-0.2, 0) is 9.53 Å². The first-order chi connectivity index (χ1) is 7.15. The van der Waals surface area contributed by atoms with Gasteiger partial charge in [0.2, 0.25) is 0 Å². The SMILES string of the molecule is CC[C@H](O)CCCCC1=C(C)C(=O)OC1. The van der Waals surface area contributed by atoms with Gasteiger partial charge in [-0.1, -0.05) is 13.3 Å². The van der Waals surface area contributed by atoms with Crippen LogP contribution in [0.3, 0.4) is 0 Å². The summed E-state index contributed by atoms with van der Waals surface area (Å²) in [4.78, 5) is 11.1. The Bertz CT molecular complexity index is 256. The molecule has 0 fully saturated rings. The van der Waals surface area contributed by atoms with Crippen LogP contribution in [0.15, 0.2) is 11.1 Å². The summed E-state index contributed by atoms with van der Waals surface area (Å²) in [5.74, 6) is -0.168. The Morgan fingerprint density at radius 3 is 2.73 bits per heavy atom. The standard InChI is InChI=1S/C12H20O3/c1-3-11(13)7-5-4-6-10-8-15-12(14)9(10)2/h11,13H,3-8H2,1-2H3/t11-/m0/s1. The lowest BCUT2D eigenvalue weighted by Crippen LogP contribution is -2.03. The monoisotopic (exact) mass is 212 g/mol. The summed E-state index contributed by atoms with van der Waals surface area (Å²) in [6.45, 7) is 4.29. The Labute approximate surface area is 91.1 Å². The molecule has 1 rings (SSSR count). The van der Waals surface area contributed by atoms with Crippen LogP contribution in [0, 0.1) is 0 Å². The number of esters is 1. The molecular formula is C12H20O3. The lowest BCUT2D eigenvalue weighted by Gasteiger charge is -2.06. The van der Waals surface area contributed by atoms with Crippen LogP contribution in [0.5, 0.6) is 0 Å². The molecule has 86 valence electrons. The molecule has 1 aliphatic rings. The number of hydrogen-bond donors (Lipinski definition) is 1. The third-order valence-electron chi connectivity index (χ3n) is 2.95. The highest BCUT2D eigenvalue weighted by Gasteiger charge is 2.19. The van der Waals surface area contributed by atoms with E-state index in [1.807, 2.05) is 13.8 Å². The average molecular weight is 212 g/mol. The molecule has 1 heterocycles. The predicted molar refractivity (Wildman–Crippen MR) is 58.4 cm³/mol. The molecule has 15 heavy (non-hydrogen) atoms. The Morgan fingerprint density at radius 2 is 2.20 bits per heavy atom. The largest absolute Gasteiger partial charge is 0.458 e. The molecule has 0 saturated heterocycles. The maximum absolute atomic E-state index is 11.1. The minimum atomic E-state index is -0.168. The first-order valence-corrected chi connectivity index (χ1v) is 5.69. The minimum Gasteiger partial charge on any atom is -0.458 e. The maximum Gasteiger partial charge on any atom is 0.334 e. The number of aliphatic hydroxyl groups excluding tert-OH is 1. The zero-order valence-corrected chi connectivity index (χ0v) is 9.58. The van der Waals surface area contributed by atoms with Gasteiger partial charge in [0, 0.05) is 5.57 Å². The molecule has 0 aromatic heterocycles. The molecule has 0 aliphatic carbocycles. The second kappa shape index (κ2) is 5.91. The van der Waals surface area contributed by atoms with Gasteiger partial charge in [-0.2, -0.15) is 0 Å². The first kappa shape index (κ1) is 12.2. The van der Waals surface area contributed by atoms with E-state index in [1.165, 1.54) is 0 Å².